The Labute approximate surface area is 174 Å². The number of nitrogens with zero attached hydrogens (tertiary/aromatic N) is 4. The molecule has 1 aromatic heterocycles. The Morgan fingerprint density at radius 3 is 2.77 bits per heavy atom. The van der Waals surface area contributed by atoms with Gasteiger partial charge in [-0.25, -0.2) is 10.2 Å². The van der Waals surface area contributed by atoms with Gasteiger partial charge in [0.1, 0.15) is 5.69 Å². The number of carbonyl (C=O) groups excluding carboxylic acids is 1. The molecule has 0 aliphatic carbocycles. The fourth-order valence-corrected chi connectivity index (χ4v) is 4.00. The Morgan fingerprint density at radius 1 is 1.17 bits per heavy atom. The molecule has 2 heterocycles. The topological polar surface area (TPSA) is 104 Å². The van der Waals surface area contributed by atoms with Crippen molar-refractivity contribution in [2.75, 3.05) is 19.7 Å². The quantitative estimate of drug-likeness (QED) is 0.408. The maximum Gasteiger partial charge on any atom is 0.274 e. The molecule has 1 aliphatic rings. The fraction of sp³-hybridized carbons (Fsp3) is 0.318. The second-order valence-electron chi connectivity index (χ2n) is 7.56. The number of hydroxylamine groups is 1. The molecule has 8 heteroatoms. The molecule has 1 amide bonds. The number of aromatic nitrogens is 3. The van der Waals surface area contributed by atoms with Crippen LogP contribution in [0.4, 0.5) is 0 Å². The highest BCUT2D eigenvalue weighted by Gasteiger charge is 2.33. The van der Waals surface area contributed by atoms with Gasteiger partial charge in [0.25, 0.3) is 5.91 Å². The SMILES string of the molecule is O=C(NO)c1cccc(-c2cn([C@H]3C[C@@H](CO)N(CCc4ccccc4)C3)nn2)c1. The van der Waals surface area contributed by atoms with Gasteiger partial charge in [0.15, 0.2) is 0 Å². The summed E-state index contributed by atoms with van der Waals surface area (Å²) in [5.74, 6) is -0.570. The number of hydrogen-bond donors (Lipinski definition) is 3. The number of hydrogen-bond acceptors (Lipinski definition) is 6. The molecule has 0 unspecified atom stereocenters. The average molecular weight is 407 g/mol. The molecule has 0 saturated carbocycles. The minimum absolute atomic E-state index is 0.0999. The van der Waals surface area contributed by atoms with Gasteiger partial charge in [-0.3, -0.25) is 14.9 Å². The van der Waals surface area contributed by atoms with Crippen LogP contribution in [0, 0.1) is 0 Å². The van der Waals surface area contributed by atoms with Gasteiger partial charge in [-0.1, -0.05) is 47.7 Å². The summed E-state index contributed by atoms with van der Waals surface area (Å²) in [6.45, 7) is 1.80. The predicted molar refractivity (Wildman–Crippen MR) is 111 cm³/mol. The van der Waals surface area contributed by atoms with Crippen molar-refractivity contribution in [2.24, 2.45) is 0 Å². The lowest BCUT2D eigenvalue weighted by Gasteiger charge is -2.22. The molecule has 4 rings (SSSR count). The first-order valence-electron chi connectivity index (χ1n) is 10.0. The monoisotopic (exact) mass is 407 g/mol. The number of aliphatic hydroxyl groups is 1. The third-order valence-corrected chi connectivity index (χ3v) is 5.65. The number of amides is 1. The van der Waals surface area contributed by atoms with Gasteiger partial charge in [-0.2, -0.15) is 0 Å². The van der Waals surface area contributed by atoms with E-state index in [4.69, 9.17) is 5.21 Å². The summed E-state index contributed by atoms with van der Waals surface area (Å²) in [5.41, 5.74) is 4.68. The molecule has 0 radical (unpaired) electrons. The van der Waals surface area contributed by atoms with E-state index >= 15 is 0 Å². The zero-order valence-electron chi connectivity index (χ0n) is 16.6. The molecule has 0 spiro atoms. The van der Waals surface area contributed by atoms with Crippen molar-refractivity contribution in [1.82, 2.24) is 25.4 Å². The molecule has 3 N–H and O–H groups in total. The Morgan fingerprint density at radius 2 is 2.00 bits per heavy atom. The van der Waals surface area contributed by atoms with Gasteiger partial charge in [-0.15, -0.1) is 5.10 Å². The number of likely N-dealkylation sites (tertiary alicyclic amines) is 1. The number of aliphatic hydroxyl groups excluding tert-OH is 1. The van der Waals surface area contributed by atoms with Gasteiger partial charge >= 0.3 is 0 Å². The van der Waals surface area contributed by atoms with Crippen LogP contribution in [0.25, 0.3) is 11.3 Å². The van der Waals surface area contributed by atoms with E-state index in [-0.39, 0.29) is 18.7 Å². The van der Waals surface area contributed by atoms with Crippen molar-refractivity contribution >= 4 is 5.91 Å². The van der Waals surface area contributed by atoms with Gasteiger partial charge in [-0.05, 0) is 30.5 Å². The number of nitrogens with one attached hydrogen (secondary N) is 1. The summed E-state index contributed by atoms with van der Waals surface area (Å²) < 4.78 is 1.85. The summed E-state index contributed by atoms with van der Waals surface area (Å²) in [6.07, 6.45) is 3.61. The van der Waals surface area contributed by atoms with Crippen LogP contribution in [0.5, 0.6) is 0 Å². The molecule has 1 saturated heterocycles. The Kier molecular flexibility index (Phi) is 6.18. The predicted octanol–water partition coefficient (Wildman–Crippen LogP) is 1.91. The molecular weight excluding hydrogens is 382 g/mol. The highest BCUT2D eigenvalue weighted by Crippen LogP contribution is 2.28. The molecular formula is C22H25N5O3. The lowest BCUT2D eigenvalue weighted by Crippen LogP contribution is -2.34. The molecule has 1 aliphatic heterocycles. The Bertz CT molecular complexity index is 991. The summed E-state index contributed by atoms with van der Waals surface area (Å²) in [5, 5.41) is 27.2. The van der Waals surface area contributed by atoms with Crippen LogP contribution in [0.3, 0.4) is 0 Å². The molecule has 156 valence electrons. The van der Waals surface area contributed by atoms with Crippen molar-refractivity contribution in [3.8, 4) is 11.3 Å². The van der Waals surface area contributed by atoms with Gasteiger partial charge in [0.2, 0.25) is 0 Å². The smallest absolute Gasteiger partial charge is 0.274 e. The van der Waals surface area contributed by atoms with Crippen LogP contribution in [0.1, 0.15) is 28.4 Å². The first-order valence-corrected chi connectivity index (χ1v) is 10.0. The normalized spacial score (nSPS) is 19.1. The Balaban J connectivity index is 1.45. The number of carbonyl (C=O) groups is 1. The van der Waals surface area contributed by atoms with Crippen LogP contribution in [-0.4, -0.2) is 61.9 Å². The van der Waals surface area contributed by atoms with Crippen molar-refractivity contribution in [3.63, 3.8) is 0 Å². The van der Waals surface area contributed by atoms with E-state index < -0.39 is 5.91 Å². The van der Waals surface area contributed by atoms with Crippen molar-refractivity contribution in [3.05, 3.63) is 71.9 Å². The van der Waals surface area contributed by atoms with Crippen LogP contribution < -0.4 is 5.48 Å². The maximum absolute atomic E-state index is 11.6. The van der Waals surface area contributed by atoms with Crippen LogP contribution in [0.15, 0.2) is 60.8 Å². The van der Waals surface area contributed by atoms with E-state index in [2.05, 4.69) is 27.3 Å². The third-order valence-electron chi connectivity index (χ3n) is 5.65. The lowest BCUT2D eigenvalue weighted by atomic mass is 10.1. The molecule has 30 heavy (non-hydrogen) atoms. The zero-order chi connectivity index (χ0) is 20.9. The van der Waals surface area contributed by atoms with Gasteiger partial charge in [0.05, 0.1) is 18.8 Å². The second-order valence-corrected chi connectivity index (χ2v) is 7.56. The van der Waals surface area contributed by atoms with Crippen LogP contribution in [-0.2, 0) is 6.42 Å². The standard InChI is InChI=1S/C22H25N5O3/c28-15-20-12-19(13-26(20)10-9-16-5-2-1-3-6-16)27-14-21(23-25-27)17-7-4-8-18(11-17)22(29)24-30/h1-8,11,14,19-20,28,30H,9-10,12-13,15H2,(H,24,29)/t19-,20-/m0/s1. The van der Waals surface area contributed by atoms with E-state index in [0.717, 1.165) is 31.5 Å². The number of rotatable bonds is 7. The summed E-state index contributed by atoms with van der Waals surface area (Å²) >= 11 is 0. The van der Waals surface area contributed by atoms with E-state index in [9.17, 15) is 9.90 Å². The molecule has 0 bridgehead atoms. The lowest BCUT2D eigenvalue weighted by molar-refractivity contribution is 0.0706. The van der Waals surface area contributed by atoms with Crippen LogP contribution >= 0.6 is 0 Å². The van der Waals surface area contributed by atoms with E-state index in [1.807, 2.05) is 35.1 Å². The molecule has 2 aromatic carbocycles. The van der Waals surface area contributed by atoms with Gasteiger partial charge in [0, 0.05) is 30.3 Å². The Hall–Kier alpha value is -3.07. The summed E-state index contributed by atoms with van der Waals surface area (Å²) in [7, 11) is 0. The minimum Gasteiger partial charge on any atom is -0.395 e. The summed E-state index contributed by atoms with van der Waals surface area (Å²) in [6, 6.07) is 17.4. The van der Waals surface area contributed by atoms with Gasteiger partial charge < -0.3 is 5.11 Å². The van der Waals surface area contributed by atoms with Crippen molar-refractivity contribution in [1.29, 1.82) is 0 Å². The highest BCUT2D eigenvalue weighted by molar-refractivity contribution is 5.94. The molecule has 8 nitrogen and oxygen atoms in total. The maximum atomic E-state index is 11.6. The fourth-order valence-electron chi connectivity index (χ4n) is 4.00. The molecule has 1 fully saturated rings. The number of benzene rings is 2. The van der Waals surface area contributed by atoms with Crippen LogP contribution in [0.2, 0.25) is 0 Å². The van der Waals surface area contributed by atoms with E-state index in [1.165, 1.54) is 5.56 Å². The highest BCUT2D eigenvalue weighted by atomic mass is 16.5. The van der Waals surface area contributed by atoms with E-state index in [1.54, 1.807) is 23.7 Å². The van der Waals surface area contributed by atoms with Crippen molar-refractivity contribution < 1.29 is 15.1 Å². The molecule has 3 aromatic rings. The summed E-state index contributed by atoms with van der Waals surface area (Å²) in [4.78, 5) is 14.0. The van der Waals surface area contributed by atoms with Crippen molar-refractivity contribution in [2.45, 2.75) is 24.9 Å². The zero-order valence-corrected chi connectivity index (χ0v) is 16.6. The first kappa shape index (κ1) is 20.2. The first-order chi connectivity index (χ1) is 14.7. The largest absolute Gasteiger partial charge is 0.395 e. The average Bonchev–Trinajstić information content (AvgIpc) is 3.45. The van der Waals surface area contributed by atoms with E-state index in [0.29, 0.717) is 11.3 Å². The molecule has 2 atom stereocenters. The second kappa shape index (κ2) is 9.17. The third kappa shape index (κ3) is 4.40. The minimum atomic E-state index is -0.570.